The Balaban J connectivity index is 2.20. The molecule has 0 saturated heterocycles. The number of benzene rings is 1. The molecule has 1 aliphatic rings. The van der Waals surface area contributed by atoms with Crippen LogP contribution in [-0.2, 0) is 5.60 Å². The van der Waals surface area contributed by atoms with Crippen LogP contribution in [0.15, 0.2) is 24.3 Å². The van der Waals surface area contributed by atoms with Gasteiger partial charge in [-0.2, -0.15) is 0 Å². The third-order valence-electron chi connectivity index (χ3n) is 5.01. The minimum absolute atomic E-state index is 0.0911. The van der Waals surface area contributed by atoms with E-state index in [1.165, 1.54) is 0 Å². The maximum absolute atomic E-state index is 13.1. The quantitative estimate of drug-likeness (QED) is 0.738. The molecule has 2 atom stereocenters. The van der Waals surface area contributed by atoms with E-state index in [0.29, 0.717) is 11.3 Å². The first-order valence-electron chi connectivity index (χ1n) is 8.73. The van der Waals surface area contributed by atoms with Gasteiger partial charge >= 0.3 is 0 Å². The molecule has 2 nitrogen and oxygen atoms in total. The number of hydrogen-bond acceptors (Lipinski definition) is 2. The van der Waals surface area contributed by atoms with Crippen LogP contribution >= 0.6 is 0 Å². The number of rotatable bonds is 7. The molecular weight excluding hydrogens is 298 g/mol. The lowest BCUT2D eigenvalue weighted by Gasteiger charge is -2.39. The SMILES string of the molecule is CCC(C)Oc1ccc(C(O)(CC(F)F)C2CCCCC2)cc1. The summed E-state index contributed by atoms with van der Waals surface area (Å²) in [7, 11) is 0. The van der Waals surface area contributed by atoms with Gasteiger partial charge in [0.2, 0.25) is 6.43 Å². The molecule has 0 amide bonds. The van der Waals surface area contributed by atoms with Gasteiger partial charge in [0.15, 0.2) is 0 Å². The van der Waals surface area contributed by atoms with Crippen LogP contribution in [0.2, 0.25) is 0 Å². The van der Waals surface area contributed by atoms with Crippen LogP contribution < -0.4 is 4.74 Å². The number of aliphatic hydroxyl groups is 1. The van der Waals surface area contributed by atoms with Gasteiger partial charge in [0.1, 0.15) is 5.75 Å². The molecule has 2 rings (SSSR count). The van der Waals surface area contributed by atoms with E-state index in [1.54, 1.807) is 24.3 Å². The van der Waals surface area contributed by atoms with E-state index < -0.39 is 18.4 Å². The summed E-state index contributed by atoms with van der Waals surface area (Å²) in [6.45, 7) is 4.03. The minimum atomic E-state index is -2.52. The highest BCUT2D eigenvalue weighted by atomic mass is 19.3. The first-order valence-corrected chi connectivity index (χ1v) is 8.73. The van der Waals surface area contributed by atoms with Crippen molar-refractivity contribution in [2.75, 3.05) is 0 Å². The van der Waals surface area contributed by atoms with E-state index in [1.807, 2.05) is 13.8 Å². The standard InChI is InChI=1S/C19H28F2O2/c1-3-14(2)23-17-11-9-16(10-12-17)19(22,13-18(20)21)15-7-5-4-6-8-15/h9-12,14-15,18,22H,3-8,13H2,1-2H3. The predicted octanol–water partition coefficient (Wildman–Crippen LogP) is 5.29. The molecule has 130 valence electrons. The molecule has 1 aromatic carbocycles. The second kappa shape index (κ2) is 8.09. The Morgan fingerprint density at radius 1 is 1.17 bits per heavy atom. The van der Waals surface area contributed by atoms with Crippen LogP contribution in [0.4, 0.5) is 8.78 Å². The summed E-state index contributed by atoms with van der Waals surface area (Å²) in [5, 5.41) is 11.1. The number of alkyl halides is 2. The molecule has 0 radical (unpaired) electrons. The van der Waals surface area contributed by atoms with Gasteiger partial charge in [0.05, 0.1) is 11.7 Å². The Morgan fingerprint density at radius 2 is 1.78 bits per heavy atom. The minimum Gasteiger partial charge on any atom is -0.491 e. The molecule has 0 heterocycles. The van der Waals surface area contributed by atoms with E-state index in [9.17, 15) is 13.9 Å². The van der Waals surface area contributed by atoms with Crippen molar-refractivity contribution in [1.29, 1.82) is 0 Å². The van der Waals surface area contributed by atoms with Crippen molar-refractivity contribution in [3.63, 3.8) is 0 Å². The number of ether oxygens (including phenoxy) is 1. The lowest BCUT2D eigenvalue weighted by atomic mass is 9.72. The monoisotopic (exact) mass is 326 g/mol. The Morgan fingerprint density at radius 3 is 2.30 bits per heavy atom. The van der Waals surface area contributed by atoms with E-state index in [4.69, 9.17) is 4.74 Å². The van der Waals surface area contributed by atoms with Crippen LogP contribution in [0.25, 0.3) is 0 Å². The van der Waals surface area contributed by atoms with Gasteiger partial charge in [-0.15, -0.1) is 0 Å². The van der Waals surface area contributed by atoms with Gasteiger partial charge in [-0.25, -0.2) is 8.78 Å². The Bertz CT molecular complexity index is 469. The molecule has 1 aromatic rings. The van der Waals surface area contributed by atoms with Crippen molar-refractivity contribution in [2.45, 2.75) is 76.9 Å². The topological polar surface area (TPSA) is 29.5 Å². The molecule has 0 bridgehead atoms. The maximum Gasteiger partial charge on any atom is 0.241 e. The van der Waals surface area contributed by atoms with Gasteiger partial charge in [0, 0.05) is 6.42 Å². The van der Waals surface area contributed by atoms with Crippen LogP contribution in [0.3, 0.4) is 0 Å². The number of halogens is 2. The van der Waals surface area contributed by atoms with Crippen LogP contribution in [0, 0.1) is 5.92 Å². The van der Waals surface area contributed by atoms with Crippen molar-refractivity contribution < 1.29 is 18.6 Å². The van der Waals surface area contributed by atoms with Crippen LogP contribution in [-0.4, -0.2) is 17.6 Å². The predicted molar refractivity (Wildman–Crippen MR) is 87.9 cm³/mol. The molecule has 1 aliphatic carbocycles. The lowest BCUT2D eigenvalue weighted by Crippen LogP contribution is -2.38. The van der Waals surface area contributed by atoms with Gasteiger partial charge in [-0.1, -0.05) is 38.3 Å². The highest BCUT2D eigenvalue weighted by Gasteiger charge is 2.41. The van der Waals surface area contributed by atoms with Gasteiger partial charge in [-0.3, -0.25) is 0 Å². The molecule has 1 saturated carbocycles. The number of hydrogen-bond donors (Lipinski definition) is 1. The molecule has 1 fully saturated rings. The van der Waals surface area contributed by atoms with E-state index in [0.717, 1.165) is 38.5 Å². The molecule has 2 unspecified atom stereocenters. The zero-order valence-corrected chi connectivity index (χ0v) is 14.1. The summed E-state index contributed by atoms with van der Waals surface area (Å²) in [4.78, 5) is 0. The average molecular weight is 326 g/mol. The highest BCUT2D eigenvalue weighted by Crippen LogP contribution is 2.43. The second-order valence-corrected chi connectivity index (χ2v) is 6.72. The van der Waals surface area contributed by atoms with Gasteiger partial charge < -0.3 is 9.84 Å². The highest BCUT2D eigenvalue weighted by molar-refractivity contribution is 5.31. The van der Waals surface area contributed by atoms with Crippen LogP contribution in [0.1, 0.15) is 64.4 Å². The van der Waals surface area contributed by atoms with E-state index >= 15 is 0 Å². The van der Waals surface area contributed by atoms with Crippen LogP contribution in [0.5, 0.6) is 5.75 Å². The largest absolute Gasteiger partial charge is 0.491 e. The fourth-order valence-corrected chi connectivity index (χ4v) is 3.47. The summed E-state index contributed by atoms with van der Waals surface area (Å²) in [5.74, 6) is 0.623. The molecule has 0 aliphatic heterocycles. The zero-order chi connectivity index (χ0) is 16.9. The first kappa shape index (κ1) is 18.2. The van der Waals surface area contributed by atoms with Gasteiger partial charge in [0.25, 0.3) is 0 Å². The Hall–Kier alpha value is -1.16. The summed E-state index contributed by atoms with van der Waals surface area (Å²) in [5.41, 5.74) is -0.857. The summed E-state index contributed by atoms with van der Waals surface area (Å²) < 4.78 is 31.9. The third kappa shape index (κ3) is 4.66. The summed E-state index contributed by atoms with van der Waals surface area (Å²) >= 11 is 0. The summed E-state index contributed by atoms with van der Waals surface area (Å²) in [6.07, 6.45) is 2.77. The maximum atomic E-state index is 13.1. The molecule has 0 aromatic heterocycles. The van der Waals surface area contributed by atoms with Crippen molar-refractivity contribution in [1.82, 2.24) is 0 Å². The third-order valence-corrected chi connectivity index (χ3v) is 5.01. The summed E-state index contributed by atoms with van der Waals surface area (Å²) in [6, 6.07) is 7.05. The van der Waals surface area contributed by atoms with Crippen molar-refractivity contribution >= 4 is 0 Å². The van der Waals surface area contributed by atoms with E-state index in [2.05, 4.69) is 0 Å². The molecule has 1 N–H and O–H groups in total. The molecule has 4 heteroatoms. The van der Waals surface area contributed by atoms with Crippen molar-refractivity contribution in [2.24, 2.45) is 5.92 Å². The molecule has 23 heavy (non-hydrogen) atoms. The average Bonchev–Trinajstić information content (AvgIpc) is 2.55. The molecule has 0 spiro atoms. The normalized spacial score (nSPS) is 20.3. The Kier molecular flexibility index (Phi) is 6.40. The second-order valence-electron chi connectivity index (χ2n) is 6.72. The lowest BCUT2D eigenvalue weighted by molar-refractivity contribution is -0.0809. The fourth-order valence-electron chi connectivity index (χ4n) is 3.47. The fraction of sp³-hybridized carbons (Fsp3) is 0.684. The van der Waals surface area contributed by atoms with Gasteiger partial charge in [-0.05, 0) is 49.8 Å². The Labute approximate surface area is 137 Å². The molecular formula is C19H28F2O2. The first-order chi connectivity index (χ1) is 11.0. The van der Waals surface area contributed by atoms with Crippen molar-refractivity contribution in [3.05, 3.63) is 29.8 Å². The smallest absolute Gasteiger partial charge is 0.241 e. The zero-order valence-electron chi connectivity index (χ0n) is 14.1. The van der Waals surface area contributed by atoms with Crippen molar-refractivity contribution in [3.8, 4) is 5.75 Å². The van der Waals surface area contributed by atoms with E-state index in [-0.39, 0.29) is 12.0 Å².